The van der Waals surface area contributed by atoms with E-state index in [1.54, 1.807) is 12.1 Å². The third-order valence-electron chi connectivity index (χ3n) is 3.43. The highest BCUT2D eigenvalue weighted by molar-refractivity contribution is 7.90. The minimum absolute atomic E-state index is 0.0427. The number of hydrogen-bond acceptors (Lipinski definition) is 4. The Hall–Kier alpha value is -2.09. The summed E-state index contributed by atoms with van der Waals surface area (Å²) < 4.78 is 25.3. The van der Waals surface area contributed by atoms with Crippen LogP contribution in [-0.4, -0.2) is 31.1 Å². The van der Waals surface area contributed by atoms with E-state index < -0.39 is 28.4 Å². The highest BCUT2D eigenvalue weighted by Crippen LogP contribution is 2.31. The summed E-state index contributed by atoms with van der Waals surface area (Å²) in [5.74, 6) is -1.47. The molecule has 2 aromatic carbocycles. The lowest BCUT2D eigenvalue weighted by atomic mass is 10.2. The molecule has 9 heteroatoms. The molecule has 124 valence electrons. The van der Waals surface area contributed by atoms with Gasteiger partial charge < -0.3 is 5.32 Å². The average Bonchev–Trinajstić information content (AvgIpc) is 2.73. The van der Waals surface area contributed by atoms with Gasteiger partial charge in [-0.1, -0.05) is 41.4 Å². The Morgan fingerprint density at radius 3 is 2.29 bits per heavy atom. The van der Waals surface area contributed by atoms with Gasteiger partial charge in [-0.25, -0.2) is 12.7 Å². The van der Waals surface area contributed by atoms with E-state index in [1.807, 2.05) is 0 Å². The Kier molecular flexibility index (Phi) is 4.25. The van der Waals surface area contributed by atoms with E-state index >= 15 is 0 Å². The van der Waals surface area contributed by atoms with Crippen LogP contribution in [0.5, 0.6) is 0 Å². The molecule has 0 atom stereocenters. The van der Waals surface area contributed by atoms with E-state index in [-0.39, 0.29) is 26.2 Å². The van der Waals surface area contributed by atoms with Gasteiger partial charge in [0.25, 0.3) is 15.9 Å². The fraction of sp³-hybridized carbons (Fsp3) is 0.0667. The normalized spacial score (nSPS) is 15.2. The Morgan fingerprint density at radius 2 is 1.67 bits per heavy atom. The summed E-state index contributed by atoms with van der Waals surface area (Å²) in [5, 5.41) is 2.84. The van der Waals surface area contributed by atoms with Crippen LogP contribution < -0.4 is 5.32 Å². The van der Waals surface area contributed by atoms with Gasteiger partial charge in [0.15, 0.2) is 0 Å². The lowest BCUT2D eigenvalue weighted by Gasteiger charge is -2.15. The molecular formula is C15H10Cl2N2O4S. The van der Waals surface area contributed by atoms with Gasteiger partial charge in [-0.3, -0.25) is 9.59 Å². The minimum atomic E-state index is -4.05. The van der Waals surface area contributed by atoms with Crippen LogP contribution in [-0.2, 0) is 14.8 Å². The molecule has 6 nitrogen and oxygen atoms in total. The zero-order chi connectivity index (χ0) is 17.5. The molecule has 3 rings (SSSR count). The number of anilines is 1. The third kappa shape index (κ3) is 2.75. The van der Waals surface area contributed by atoms with E-state index in [9.17, 15) is 18.0 Å². The van der Waals surface area contributed by atoms with Gasteiger partial charge in [-0.15, -0.1) is 0 Å². The van der Waals surface area contributed by atoms with E-state index in [1.165, 1.54) is 30.3 Å². The number of para-hydroxylation sites is 1. The molecule has 0 aliphatic carbocycles. The van der Waals surface area contributed by atoms with Crippen molar-refractivity contribution in [1.29, 1.82) is 0 Å². The van der Waals surface area contributed by atoms with Crippen LogP contribution in [0.3, 0.4) is 0 Å². The predicted octanol–water partition coefficient (Wildman–Crippen LogP) is 2.78. The number of amides is 2. The first-order valence-electron chi connectivity index (χ1n) is 6.72. The van der Waals surface area contributed by atoms with Crippen molar-refractivity contribution in [3.8, 4) is 0 Å². The van der Waals surface area contributed by atoms with Gasteiger partial charge in [-0.2, -0.15) is 0 Å². The number of sulfonamides is 1. The Bertz CT molecular complexity index is 939. The molecule has 1 aliphatic rings. The SMILES string of the molecule is O=C(CN1C(=O)c2ccccc2S1(=O)=O)Nc1c(Cl)cccc1Cl. The molecule has 1 N–H and O–H groups in total. The van der Waals surface area contributed by atoms with Gasteiger partial charge in [0.1, 0.15) is 11.4 Å². The predicted molar refractivity (Wildman–Crippen MR) is 89.8 cm³/mol. The quantitative estimate of drug-likeness (QED) is 0.881. The van der Waals surface area contributed by atoms with Crippen molar-refractivity contribution < 1.29 is 18.0 Å². The Labute approximate surface area is 148 Å². The first-order valence-corrected chi connectivity index (χ1v) is 8.92. The summed E-state index contributed by atoms with van der Waals surface area (Å²) in [5.41, 5.74) is 0.202. The van der Waals surface area contributed by atoms with Crippen molar-refractivity contribution in [3.63, 3.8) is 0 Å². The summed E-state index contributed by atoms with van der Waals surface area (Å²) in [6.07, 6.45) is 0. The molecule has 1 heterocycles. The van der Waals surface area contributed by atoms with Crippen LogP contribution in [0.2, 0.25) is 10.0 Å². The summed E-state index contributed by atoms with van der Waals surface area (Å²) >= 11 is 11.9. The number of fused-ring (bicyclic) bond motifs is 1. The van der Waals surface area contributed by atoms with Crippen LogP contribution in [0.15, 0.2) is 47.4 Å². The zero-order valence-corrected chi connectivity index (χ0v) is 14.3. The molecule has 24 heavy (non-hydrogen) atoms. The second kappa shape index (κ2) is 6.08. The van der Waals surface area contributed by atoms with Crippen LogP contribution in [0.4, 0.5) is 5.69 Å². The fourth-order valence-corrected chi connectivity index (χ4v) is 4.33. The number of nitrogens with zero attached hydrogens (tertiary/aromatic N) is 1. The van der Waals surface area contributed by atoms with Crippen molar-refractivity contribution in [2.75, 3.05) is 11.9 Å². The Balaban J connectivity index is 1.85. The Morgan fingerprint density at radius 1 is 1.04 bits per heavy atom. The number of hydrogen-bond donors (Lipinski definition) is 1. The van der Waals surface area contributed by atoms with Gasteiger partial charge >= 0.3 is 0 Å². The molecule has 0 aromatic heterocycles. The first kappa shape index (κ1) is 16.8. The molecular weight excluding hydrogens is 375 g/mol. The smallest absolute Gasteiger partial charge is 0.269 e. The number of nitrogens with one attached hydrogen (secondary N) is 1. The summed E-state index contributed by atoms with van der Waals surface area (Å²) in [4.78, 5) is 24.3. The molecule has 0 saturated carbocycles. The van der Waals surface area contributed by atoms with Gasteiger partial charge in [0, 0.05) is 0 Å². The minimum Gasteiger partial charge on any atom is -0.322 e. The number of rotatable bonds is 3. The number of halogens is 2. The highest BCUT2D eigenvalue weighted by Gasteiger charge is 2.41. The number of carbonyl (C=O) groups excluding carboxylic acids is 2. The van der Waals surface area contributed by atoms with Crippen LogP contribution in [0.25, 0.3) is 0 Å². The summed E-state index contributed by atoms with van der Waals surface area (Å²) in [6, 6.07) is 10.4. The second-order valence-corrected chi connectivity index (χ2v) is 7.60. The zero-order valence-electron chi connectivity index (χ0n) is 12.0. The van der Waals surface area contributed by atoms with Crippen molar-refractivity contribution in [2.45, 2.75) is 4.90 Å². The molecule has 0 fully saturated rings. The summed E-state index contributed by atoms with van der Waals surface area (Å²) in [7, 11) is -4.05. The van der Waals surface area contributed by atoms with Crippen molar-refractivity contribution >= 4 is 50.7 Å². The first-order chi connectivity index (χ1) is 11.3. The molecule has 0 unspecified atom stereocenters. The molecule has 0 radical (unpaired) electrons. The standard InChI is InChI=1S/C15H10Cl2N2O4S/c16-10-5-3-6-11(17)14(10)18-13(20)8-19-15(21)9-4-1-2-7-12(9)24(19,22)23/h1-7H,8H2,(H,18,20). The molecule has 0 saturated heterocycles. The molecule has 1 aliphatic heterocycles. The van der Waals surface area contributed by atoms with Crippen LogP contribution in [0.1, 0.15) is 10.4 Å². The van der Waals surface area contributed by atoms with Crippen LogP contribution >= 0.6 is 23.2 Å². The third-order valence-corrected chi connectivity index (χ3v) is 5.84. The van der Waals surface area contributed by atoms with Gasteiger partial charge in [0.2, 0.25) is 5.91 Å². The maximum atomic E-state index is 12.4. The number of carbonyl (C=O) groups is 2. The van der Waals surface area contributed by atoms with Crippen molar-refractivity contribution in [1.82, 2.24) is 4.31 Å². The highest BCUT2D eigenvalue weighted by atomic mass is 35.5. The lowest BCUT2D eigenvalue weighted by Crippen LogP contribution is -2.37. The van der Waals surface area contributed by atoms with Crippen molar-refractivity contribution in [3.05, 3.63) is 58.1 Å². The molecule has 2 aromatic rings. The largest absolute Gasteiger partial charge is 0.322 e. The van der Waals surface area contributed by atoms with Gasteiger partial charge in [-0.05, 0) is 24.3 Å². The van der Waals surface area contributed by atoms with Gasteiger partial charge in [0.05, 0.1) is 21.3 Å². The van der Waals surface area contributed by atoms with E-state index in [0.29, 0.717) is 4.31 Å². The van der Waals surface area contributed by atoms with Crippen LogP contribution in [0, 0.1) is 0 Å². The fourth-order valence-electron chi connectivity index (χ4n) is 2.31. The number of benzene rings is 2. The molecule has 0 spiro atoms. The van der Waals surface area contributed by atoms with E-state index in [2.05, 4.69) is 5.32 Å². The second-order valence-electron chi connectivity index (χ2n) is 4.96. The van der Waals surface area contributed by atoms with E-state index in [0.717, 1.165) is 0 Å². The summed E-state index contributed by atoms with van der Waals surface area (Å²) in [6.45, 7) is -0.669. The maximum absolute atomic E-state index is 12.4. The topological polar surface area (TPSA) is 83.6 Å². The molecule has 2 amide bonds. The average molecular weight is 385 g/mol. The molecule has 0 bridgehead atoms. The van der Waals surface area contributed by atoms with E-state index in [4.69, 9.17) is 23.2 Å². The lowest BCUT2D eigenvalue weighted by molar-refractivity contribution is -0.116. The maximum Gasteiger partial charge on any atom is 0.269 e. The van der Waals surface area contributed by atoms with Crippen molar-refractivity contribution in [2.24, 2.45) is 0 Å². The monoisotopic (exact) mass is 384 g/mol.